The van der Waals surface area contributed by atoms with Crippen molar-refractivity contribution in [1.29, 1.82) is 0 Å². The fourth-order valence-electron chi connectivity index (χ4n) is 5.16. The molecule has 0 aliphatic carbocycles. The summed E-state index contributed by atoms with van der Waals surface area (Å²) in [4.78, 5) is 25.5. The number of benzene rings is 2. The van der Waals surface area contributed by atoms with Gasteiger partial charge in [-0.05, 0) is 37.1 Å². The summed E-state index contributed by atoms with van der Waals surface area (Å²) in [6, 6.07) is 5.34. The first-order valence-electron chi connectivity index (χ1n) is 14.3. The topological polar surface area (TPSA) is 261 Å². The van der Waals surface area contributed by atoms with Crippen LogP contribution in [0.3, 0.4) is 0 Å². The van der Waals surface area contributed by atoms with Crippen molar-refractivity contribution < 1.29 is 83.6 Å². The molecule has 2 aliphatic rings. The highest BCUT2D eigenvalue weighted by atomic mass is 16.8. The van der Waals surface area contributed by atoms with Gasteiger partial charge in [0.15, 0.2) is 12.6 Å². The van der Waals surface area contributed by atoms with Crippen molar-refractivity contribution in [3.63, 3.8) is 0 Å². The van der Waals surface area contributed by atoms with Crippen molar-refractivity contribution in [2.75, 3.05) is 27.4 Å². The molecule has 17 nitrogen and oxygen atoms in total. The van der Waals surface area contributed by atoms with E-state index in [1.807, 2.05) is 0 Å². The van der Waals surface area contributed by atoms with Gasteiger partial charge in [-0.15, -0.1) is 0 Å². The summed E-state index contributed by atoms with van der Waals surface area (Å²) in [6.45, 7) is 1.65. The van der Waals surface area contributed by atoms with E-state index in [-0.39, 0.29) is 22.6 Å². The van der Waals surface area contributed by atoms with Crippen molar-refractivity contribution in [3.8, 4) is 23.0 Å². The highest BCUT2D eigenvalue weighted by molar-refractivity contribution is 5.95. The molecular formula is C30H38O17. The Balaban J connectivity index is 1.42. The van der Waals surface area contributed by atoms with Gasteiger partial charge in [0.1, 0.15) is 96.2 Å². The third-order valence-corrected chi connectivity index (χ3v) is 7.82. The zero-order valence-electron chi connectivity index (χ0n) is 25.7. The quantitative estimate of drug-likeness (QED) is 0.132. The fraction of sp³-hybridized carbons (Fsp3) is 0.533. The SMILES string of the molecule is COc1cc(C)c(C(=O)OC[C@H]2O[C@H](O[C@H]3O[C@H](COC(=O)c4c(C)cc(OC)cc4O)[C@@H](O)[C@H](O)[C@H]3O)[C@H](O)[C@@H](O)[C@@H]2O)c(O)c1. The van der Waals surface area contributed by atoms with Crippen LogP contribution in [0.5, 0.6) is 23.0 Å². The van der Waals surface area contributed by atoms with Gasteiger partial charge in [-0.2, -0.15) is 0 Å². The van der Waals surface area contributed by atoms with Gasteiger partial charge in [-0.3, -0.25) is 0 Å². The molecule has 2 aromatic carbocycles. The minimum Gasteiger partial charge on any atom is -0.507 e. The number of hydrogen-bond acceptors (Lipinski definition) is 17. The second kappa shape index (κ2) is 15.0. The van der Waals surface area contributed by atoms with E-state index < -0.39 is 98.1 Å². The lowest BCUT2D eigenvalue weighted by atomic mass is 9.98. The molecule has 0 amide bonds. The number of carbonyl (C=O) groups is 2. The Morgan fingerprint density at radius 2 is 0.979 bits per heavy atom. The van der Waals surface area contributed by atoms with E-state index in [0.29, 0.717) is 11.1 Å². The van der Waals surface area contributed by atoms with E-state index >= 15 is 0 Å². The number of ether oxygens (including phenoxy) is 7. The largest absolute Gasteiger partial charge is 0.507 e. The Morgan fingerprint density at radius 1 is 0.617 bits per heavy atom. The van der Waals surface area contributed by atoms with E-state index in [4.69, 9.17) is 33.2 Å². The number of phenolic OH excluding ortho intramolecular Hbond substituents is 2. The van der Waals surface area contributed by atoms with Gasteiger partial charge in [-0.1, -0.05) is 0 Å². The van der Waals surface area contributed by atoms with Gasteiger partial charge < -0.3 is 74.0 Å². The van der Waals surface area contributed by atoms with Crippen molar-refractivity contribution in [2.45, 2.75) is 75.3 Å². The Labute approximate surface area is 268 Å². The molecule has 0 bridgehead atoms. The van der Waals surface area contributed by atoms with Gasteiger partial charge in [0.05, 0.1) is 14.2 Å². The highest BCUT2D eigenvalue weighted by Gasteiger charge is 2.50. The van der Waals surface area contributed by atoms with Crippen molar-refractivity contribution in [2.24, 2.45) is 0 Å². The lowest BCUT2D eigenvalue weighted by Crippen LogP contribution is -2.64. The third-order valence-electron chi connectivity index (χ3n) is 7.82. The summed E-state index contributed by atoms with van der Waals surface area (Å²) in [5.74, 6) is -2.30. The molecule has 2 aliphatic heterocycles. The van der Waals surface area contributed by atoms with Crippen LogP contribution in [0.15, 0.2) is 24.3 Å². The van der Waals surface area contributed by atoms with Crippen LogP contribution >= 0.6 is 0 Å². The monoisotopic (exact) mass is 670 g/mol. The number of aliphatic hydroxyl groups excluding tert-OH is 6. The molecule has 0 aromatic heterocycles. The fourth-order valence-corrected chi connectivity index (χ4v) is 5.16. The molecule has 0 radical (unpaired) electrons. The smallest absolute Gasteiger partial charge is 0.342 e. The zero-order chi connectivity index (χ0) is 34.7. The van der Waals surface area contributed by atoms with Crippen LogP contribution in [0.1, 0.15) is 31.8 Å². The molecule has 2 saturated heterocycles. The Kier molecular flexibility index (Phi) is 11.5. The van der Waals surface area contributed by atoms with Crippen molar-refractivity contribution in [3.05, 3.63) is 46.5 Å². The number of aryl methyl sites for hydroxylation is 2. The molecule has 2 fully saturated rings. The molecule has 17 heteroatoms. The molecule has 0 unspecified atom stereocenters. The summed E-state index contributed by atoms with van der Waals surface area (Å²) in [5, 5.41) is 83.4. The number of aromatic hydroxyl groups is 2. The van der Waals surface area contributed by atoms with Crippen LogP contribution in [-0.2, 0) is 23.7 Å². The van der Waals surface area contributed by atoms with Crippen LogP contribution in [0, 0.1) is 13.8 Å². The van der Waals surface area contributed by atoms with Crippen LogP contribution in [-0.4, -0.2) is 142 Å². The van der Waals surface area contributed by atoms with Gasteiger partial charge in [-0.25, -0.2) is 9.59 Å². The summed E-state index contributed by atoms with van der Waals surface area (Å²) < 4.78 is 37.0. The number of esters is 2. The molecule has 0 saturated carbocycles. The van der Waals surface area contributed by atoms with Crippen LogP contribution in [0.25, 0.3) is 0 Å². The van der Waals surface area contributed by atoms with Gasteiger partial charge in [0.25, 0.3) is 0 Å². The summed E-state index contributed by atoms with van der Waals surface area (Å²) in [5.41, 5.74) is 0.239. The molecule has 8 N–H and O–H groups in total. The number of carbonyl (C=O) groups excluding carboxylic acids is 2. The summed E-state index contributed by atoms with van der Waals surface area (Å²) in [7, 11) is 2.75. The predicted molar refractivity (Wildman–Crippen MR) is 154 cm³/mol. The Hall–Kier alpha value is -3.78. The minimum absolute atomic E-state index is 0.195. The van der Waals surface area contributed by atoms with E-state index in [1.165, 1.54) is 52.3 Å². The molecule has 260 valence electrons. The maximum Gasteiger partial charge on any atom is 0.342 e. The Bertz CT molecular complexity index is 1280. The number of methoxy groups -OCH3 is 2. The highest BCUT2D eigenvalue weighted by Crippen LogP contribution is 2.32. The first-order chi connectivity index (χ1) is 22.2. The normalized spacial score (nSPS) is 30.8. The average molecular weight is 671 g/mol. The van der Waals surface area contributed by atoms with E-state index in [0.717, 1.165) is 0 Å². The molecular weight excluding hydrogens is 632 g/mol. The maximum atomic E-state index is 12.7. The van der Waals surface area contributed by atoms with Crippen LogP contribution in [0.4, 0.5) is 0 Å². The summed E-state index contributed by atoms with van der Waals surface area (Å²) in [6.07, 6.45) is -18.0. The summed E-state index contributed by atoms with van der Waals surface area (Å²) >= 11 is 0. The van der Waals surface area contributed by atoms with Crippen molar-refractivity contribution >= 4 is 11.9 Å². The molecule has 4 rings (SSSR count). The minimum atomic E-state index is -1.94. The number of phenols is 2. The van der Waals surface area contributed by atoms with E-state index in [2.05, 4.69) is 0 Å². The molecule has 10 atom stereocenters. The van der Waals surface area contributed by atoms with Crippen LogP contribution in [0.2, 0.25) is 0 Å². The van der Waals surface area contributed by atoms with Gasteiger partial charge in [0.2, 0.25) is 0 Å². The number of rotatable bonds is 10. The van der Waals surface area contributed by atoms with E-state index in [9.17, 15) is 50.4 Å². The van der Waals surface area contributed by atoms with Crippen molar-refractivity contribution in [1.82, 2.24) is 0 Å². The molecule has 2 heterocycles. The lowest BCUT2D eigenvalue weighted by Gasteiger charge is -2.44. The first kappa shape index (κ1) is 36.1. The van der Waals surface area contributed by atoms with Crippen LogP contribution < -0.4 is 9.47 Å². The average Bonchev–Trinajstić information content (AvgIpc) is 3.02. The lowest BCUT2D eigenvalue weighted by molar-refractivity contribution is -0.376. The first-order valence-corrected chi connectivity index (χ1v) is 14.3. The molecule has 2 aromatic rings. The third kappa shape index (κ3) is 7.69. The van der Waals surface area contributed by atoms with Gasteiger partial charge >= 0.3 is 11.9 Å². The standard InChI is InChI=1S/C30H38O17/c1-11-5-13(41-3)7-15(31)19(11)27(39)43-9-17-21(33)23(35)25(37)29(45-17)47-30-26(38)24(36)22(34)18(46-30)10-44-28(40)20-12(2)6-14(42-4)8-16(20)32/h5-8,17-18,21-26,29-38H,9-10H2,1-4H3/t17-,18-,21-,22-,23+,24+,25-,26-,29-,30-/m1/s1. The Morgan fingerprint density at radius 3 is 1.30 bits per heavy atom. The number of hydrogen-bond donors (Lipinski definition) is 8. The maximum absolute atomic E-state index is 12.7. The molecule has 0 spiro atoms. The number of aliphatic hydroxyl groups is 6. The predicted octanol–water partition coefficient (Wildman–Crippen LogP) is -1.62. The zero-order valence-corrected chi connectivity index (χ0v) is 25.7. The van der Waals surface area contributed by atoms with Gasteiger partial charge in [0, 0.05) is 12.1 Å². The second-order valence-corrected chi connectivity index (χ2v) is 11.0. The van der Waals surface area contributed by atoms with E-state index in [1.54, 1.807) is 0 Å². The molecule has 47 heavy (non-hydrogen) atoms. The second-order valence-electron chi connectivity index (χ2n) is 11.0.